The van der Waals surface area contributed by atoms with E-state index in [4.69, 9.17) is 51.4 Å². The van der Waals surface area contributed by atoms with Crippen molar-refractivity contribution in [3.8, 4) is 17.0 Å². The lowest BCUT2D eigenvalue weighted by Gasteiger charge is -2.09. The van der Waals surface area contributed by atoms with Gasteiger partial charge in [-0.3, -0.25) is 10.1 Å². The number of hydrogen-bond acceptors (Lipinski definition) is 5. The molecule has 5 rings (SSSR count). The highest BCUT2D eigenvalue weighted by Gasteiger charge is 2.12. The summed E-state index contributed by atoms with van der Waals surface area (Å²) in [5.41, 5.74) is 3.18. The molecule has 1 amide bonds. The van der Waals surface area contributed by atoms with Gasteiger partial charge in [0.2, 0.25) is 5.91 Å². The molecular formula is C26H16Cl3N5O2S. The van der Waals surface area contributed by atoms with E-state index >= 15 is 0 Å². The van der Waals surface area contributed by atoms with Gasteiger partial charge in [-0.2, -0.15) is 4.80 Å². The smallest absolute Gasteiger partial charge is 0.250 e. The van der Waals surface area contributed by atoms with Crippen LogP contribution >= 0.6 is 47.0 Å². The lowest BCUT2D eigenvalue weighted by molar-refractivity contribution is -0.115. The molecule has 2 heterocycles. The Morgan fingerprint density at radius 3 is 2.46 bits per heavy atom. The van der Waals surface area contributed by atoms with E-state index in [9.17, 15) is 4.79 Å². The number of carbonyl (C=O) groups is 1. The third-order valence-corrected chi connectivity index (χ3v) is 6.52. The largest absolute Gasteiger partial charge is 0.457 e. The van der Waals surface area contributed by atoms with Crippen molar-refractivity contribution in [3.05, 3.63) is 99.7 Å². The molecule has 3 aromatic carbocycles. The maximum Gasteiger partial charge on any atom is 0.250 e. The van der Waals surface area contributed by atoms with Crippen molar-refractivity contribution in [2.24, 2.45) is 0 Å². The summed E-state index contributed by atoms with van der Waals surface area (Å²) in [4.78, 5) is 13.9. The number of benzene rings is 3. The van der Waals surface area contributed by atoms with Crippen LogP contribution in [0.3, 0.4) is 0 Å². The number of para-hydroxylation sites is 1. The number of amides is 1. The van der Waals surface area contributed by atoms with Crippen molar-refractivity contribution < 1.29 is 9.21 Å². The van der Waals surface area contributed by atoms with Crippen molar-refractivity contribution in [3.63, 3.8) is 0 Å². The minimum atomic E-state index is -0.455. The number of anilines is 1. The van der Waals surface area contributed by atoms with Gasteiger partial charge in [0.25, 0.3) is 0 Å². The first-order chi connectivity index (χ1) is 17.9. The molecule has 0 unspecified atom stereocenters. The maximum absolute atomic E-state index is 12.4. The molecule has 0 fully saturated rings. The molecule has 7 nitrogen and oxygen atoms in total. The summed E-state index contributed by atoms with van der Waals surface area (Å²) in [6.45, 7) is 0. The van der Waals surface area contributed by atoms with Gasteiger partial charge in [0.15, 0.2) is 5.11 Å². The van der Waals surface area contributed by atoms with Crippen LogP contribution in [0.2, 0.25) is 15.1 Å². The Morgan fingerprint density at radius 2 is 1.68 bits per heavy atom. The Balaban J connectivity index is 1.24. The normalized spacial score (nSPS) is 11.2. The molecule has 0 bridgehead atoms. The topological polar surface area (TPSA) is 85.0 Å². The number of carbonyl (C=O) groups excluding carboxylic acids is 1. The van der Waals surface area contributed by atoms with E-state index in [1.807, 2.05) is 30.3 Å². The molecule has 2 N–H and O–H groups in total. The Morgan fingerprint density at radius 1 is 0.919 bits per heavy atom. The number of nitrogens with one attached hydrogen (secondary N) is 2. The first-order valence-corrected chi connectivity index (χ1v) is 12.4. The predicted octanol–water partition coefficient (Wildman–Crippen LogP) is 7.17. The molecule has 5 aromatic rings. The number of fused-ring (bicyclic) bond motifs is 1. The zero-order valence-electron chi connectivity index (χ0n) is 18.8. The fourth-order valence-electron chi connectivity index (χ4n) is 3.46. The fraction of sp³-hybridized carbons (Fsp3) is 0. The number of thiocarbonyl (C=S) groups is 1. The highest BCUT2D eigenvalue weighted by Crippen LogP contribution is 2.34. The van der Waals surface area contributed by atoms with Crippen LogP contribution in [0.4, 0.5) is 5.69 Å². The average molecular weight is 569 g/mol. The highest BCUT2D eigenvalue weighted by molar-refractivity contribution is 7.80. The van der Waals surface area contributed by atoms with Gasteiger partial charge in [-0.1, -0.05) is 59.1 Å². The molecule has 0 atom stereocenters. The standard InChI is InChI=1S/C26H16Cl3N5O2S/c27-18-8-4-7-17(25(18)29)23-11-9-16(36-23)10-12-24(35)31-26(37)30-20-14-22-21(13-19(20)28)32-34(33-22)15-5-2-1-3-6-15/h1-14H,(H2,30,31,35,37)/b12-10+. The molecule has 0 spiro atoms. The summed E-state index contributed by atoms with van der Waals surface area (Å²) in [6, 6.07) is 21.6. The van der Waals surface area contributed by atoms with E-state index in [1.54, 1.807) is 42.5 Å². The van der Waals surface area contributed by atoms with Crippen molar-refractivity contribution >= 4 is 80.8 Å². The first kappa shape index (κ1) is 25.0. The minimum Gasteiger partial charge on any atom is -0.457 e. The number of rotatable bonds is 5. The van der Waals surface area contributed by atoms with Gasteiger partial charge in [0.05, 0.1) is 26.4 Å². The lowest BCUT2D eigenvalue weighted by atomic mass is 10.2. The predicted molar refractivity (Wildman–Crippen MR) is 151 cm³/mol. The quantitative estimate of drug-likeness (QED) is 0.173. The molecule has 0 aliphatic rings. The number of aromatic nitrogens is 3. The van der Waals surface area contributed by atoms with Crippen LogP contribution < -0.4 is 10.6 Å². The second-order valence-corrected chi connectivity index (χ2v) is 9.33. The fourth-order valence-corrected chi connectivity index (χ4v) is 4.27. The van der Waals surface area contributed by atoms with E-state index in [1.165, 1.54) is 16.9 Å². The van der Waals surface area contributed by atoms with Gasteiger partial charge >= 0.3 is 0 Å². The summed E-state index contributed by atoms with van der Waals surface area (Å²) in [6.07, 6.45) is 2.81. The second-order valence-electron chi connectivity index (χ2n) is 7.73. The van der Waals surface area contributed by atoms with Gasteiger partial charge < -0.3 is 9.73 Å². The van der Waals surface area contributed by atoms with Gasteiger partial charge in [-0.05, 0) is 66.8 Å². The van der Waals surface area contributed by atoms with Crippen molar-refractivity contribution in [1.29, 1.82) is 0 Å². The van der Waals surface area contributed by atoms with Crippen LogP contribution in [0.25, 0.3) is 34.1 Å². The third-order valence-electron chi connectivity index (χ3n) is 5.18. The highest BCUT2D eigenvalue weighted by atomic mass is 35.5. The number of halogens is 3. The second kappa shape index (κ2) is 10.7. The van der Waals surface area contributed by atoms with Crippen LogP contribution in [0.1, 0.15) is 5.76 Å². The molecule has 0 radical (unpaired) electrons. The number of nitrogens with zero attached hydrogens (tertiary/aromatic N) is 3. The van der Waals surface area contributed by atoms with Crippen molar-refractivity contribution in [2.45, 2.75) is 0 Å². The van der Waals surface area contributed by atoms with Crippen LogP contribution in [0.5, 0.6) is 0 Å². The van der Waals surface area contributed by atoms with Crippen LogP contribution in [0.15, 0.2) is 83.3 Å². The van der Waals surface area contributed by atoms with Gasteiger partial charge in [-0.25, -0.2) is 0 Å². The zero-order valence-corrected chi connectivity index (χ0v) is 21.9. The minimum absolute atomic E-state index is 0.0668. The third kappa shape index (κ3) is 5.68. The van der Waals surface area contributed by atoms with E-state index in [-0.39, 0.29) is 5.11 Å². The maximum atomic E-state index is 12.4. The average Bonchev–Trinajstić information content (AvgIpc) is 3.52. The van der Waals surface area contributed by atoms with Crippen molar-refractivity contribution in [2.75, 3.05) is 5.32 Å². The summed E-state index contributed by atoms with van der Waals surface area (Å²) in [7, 11) is 0. The zero-order chi connectivity index (χ0) is 25.9. The van der Waals surface area contributed by atoms with Crippen LogP contribution in [-0.4, -0.2) is 26.0 Å². The molecular weight excluding hydrogens is 553 g/mol. The van der Waals surface area contributed by atoms with Crippen LogP contribution in [-0.2, 0) is 4.79 Å². The van der Waals surface area contributed by atoms with Gasteiger partial charge in [-0.15, -0.1) is 10.2 Å². The SMILES string of the molecule is O=C(/C=C/c1ccc(-c2cccc(Cl)c2Cl)o1)NC(=S)Nc1cc2nn(-c3ccccc3)nc2cc1Cl. The molecule has 37 heavy (non-hydrogen) atoms. The van der Waals surface area contributed by atoms with Gasteiger partial charge in [0, 0.05) is 11.6 Å². The molecule has 0 saturated heterocycles. The van der Waals surface area contributed by atoms with Gasteiger partial charge in [0.1, 0.15) is 22.6 Å². The van der Waals surface area contributed by atoms with E-state index in [0.29, 0.717) is 48.9 Å². The van der Waals surface area contributed by atoms with Crippen molar-refractivity contribution in [1.82, 2.24) is 20.3 Å². The van der Waals surface area contributed by atoms with E-state index in [0.717, 1.165) is 5.69 Å². The summed E-state index contributed by atoms with van der Waals surface area (Å²) >= 11 is 24.0. The van der Waals surface area contributed by atoms with E-state index < -0.39 is 5.91 Å². The Labute approximate surface area is 231 Å². The molecule has 11 heteroatoms. The number of hydrogen-bond donors (Lipinski definition) is 2. The number of furan rings is 1. The molecule has 0 saturated carbocycles. The monoisotopic (exact) mass is 567 g/mol. The first-order valence-electron chi connectivity index (χ1n) is 10.8. The Kier molecular flexibility index (Phi) is 7.25. The molecule has 2 aromatic heterocycles. The van der Waals surface area contributed by atoms with E-state index in [2.05, 4.69) is 20.8 Å². The Bertz CT molecular complexity index is 1660. The summed E-state index contributed by atoms with van der Waals surface area (Å²) in [5.74, 6) is 0.525. The summed E-state index contributed by atoms with van der Waals surface area (Å²) in [5, 5.41) is 15.7. The van der Waals surface area contributed by atoms with Crippen LogP contribution in [0, 0.1) is 0 Å². The molecule has 0 aliphatic heterocycles. The lowest BCUT2D eigenvalue weighted by Crippen LogP contribution is -2.32. The molecule has 184 valence electrons. The summed E-state index contributed by atoms with van der Waals surface area (Å²) < 4.78 is 5.76. The Hall–Kier alpha value is -3.69. The molecule has 0 aliphatic carbocycles.